The Bertz CT molecular complexity index is 1060. The molecule has 5 nitrogen and oxygen atoms in total. The average Bonchev–Trinajstić information content (AvgIpc) is 2.67. The van der Waals surface area contributed by atoms with Crippen molar-refractivity contribution < 1.29 is 4.79 Å². The number of hydrogen-bond acceptors (Lipinski definition) is 4. The third kappa shape index (κ3) is 4.39. The van der Waals surface area contributed by atoms with Crippen molar-refractivity contribution in [1.29, 1.82) is 0 Å². The van der Waals surface area contributed by atoms with Crippen LogP contribution in [0.5, 0.6) is 0 Å². The first-order chi connectivity index (χ1) is 13.4. The van der Waals surface area contributed by atoms with Crippen molar-refractivity contribution >= 4 is 40.2 Å². The predicted octanol–water partition coefficient (Wildman–Crippen LogP) is 4.43. The lowest BCUT2D eigenvalue weighted by molar-refractivity contribution is -0.120. The van der Waals surface area contributed by atoms with Gasteiger partial charge in [-0.05, 0) is 44.5 Å². The molecule has 1 N–H and O–H groups in total. The van der Waals surface area contributed by atoms with Gasteiger partial charge in [-0.3, -0.25) is 14.2 Å². The quantitative estimate of drug-likeness (QED) is 0.478. The van der Waals surface area contributed by atoms with Crippen LogP contribution >= 0.6 is 23.4 Å². The molecule has 0 aliphatic rings. The van der Waals surface area contributed by atoms with Gasteiger partial charge in [0.1, 0.15) is 0 Å². The summed E-state index contributed by atoms with van der Waals surface area (Å²) in [4.78, 5) is 30.1. The van der Waals surface area contributed by atoms with E-state index < -0.39 is 5.25 Å². The zero-order valence-electron chi connectivity index (χ0n) is 16.0. The van der Waals surface area contributed by atoms with Crippen LogP contribution in [0.1, 0.15) is 32.4 Å². The van der Waals surface area contributed by atoms with E-state index in [-0.39, 0.29) is 17.5 Å². The molecule has 0 radical (unpaired) electrons. The topological polar surface area (TPSA) is 64.0 Å². The number of carbonyl (C=O) groups is 1. The summed E-state index contributed by atoms with van der Waals surface area (Å²) < 4.78 is 1.64. The SMILES string of the molecule is CC(C)n1c(S[C@H](C)C(=O)NCc2ccccc2Cl)nc2ccccc2c1=O. The Morgan fingerprint density at radius 1 is 1.14 bits per heavy atom. The Balaban J connectivity index is 1.81. The molecular weight excluding hydrogens is 394 g/mol. The number of carbonyl (C=O) groups excluding carboxylic acids is 1. The molecule has 146 valence electrons. The molecule has 0 bridgehead atoms. The molecule has 0 unspecified atom stereocenters. The molecule has 0 saturated heterocycles. The van der Waals surface area contributed by atoms with Crippen LogP contribution < -0.4 is 10.9 Å². The number of hydrogen-bond donors (Lipinski definition) is 1. The number of rotatable bonds is 6. The Labute approximate surface area is 173 Å². The van der Waals surface area contributed by atoms with Gasteiger partial charge in [0.25, 0.3) is 5.56 Å². The molecule has 2 aromatic carbocycles. The largest absolute Gasteiger partial charge is 0.351 e. The van der Waals surface area contributed by atoms with Gasteiger partial charge in [0, 0.05) is 17.6 Å². The molecule has 0 spiro atoms. The average molecular weight is 416 g/mol. The minimum absolute atomic E-state index is 0.0644. The van der Waals surface area contributed by atoms with E-state index in [1.54, 1.807) is 23.6 Å². The lowest BCUT2D eigenvalue weighted by Gasteiger charge is -2.18. The summed E-state index contributed by atoms with van der Waals surface area (Å²) in [7, 11) is 0. The molecule has 3 aromatic rings. The van der Waals surface area contributed by atoms with Crippen LogP contribution in [-0.2, 0) is 11.3 Å². The normalized spacial score (nSPS) is 12.3. The lowest BCUT2D eigenvalue weighted by atomic mass is 10.2. The van der Waals surface area contributed by atoms with E-state index in [2.05, 4.69) is 10.3 Å². The second-order valence-corrected chi connectivity index (χ2v) is 8.46. The molecule has 1 atom stereocenters. The number of amides is 1. The summed E-state index contributed by atoms with van der Waals surface area (Å²) in [6.07, 6.45) is 0. The monoisotopic (exact) mass is 415 g/mol. The van der Waals surface area contributed by atoms with Crippen molar-refractivity contribution in [1.82, 2.24) is 14.9 Å². The highest BCUT2D eigenvalue weighted by atomic mass is 35.5. The van der Waals surface area contributed by atoms with Crippen LogP contribution in [0.2, 0.25) is 5.02 Å². The molecule has 28 heavy (non-hydrogen) atoms. The van der Waals surface area contributed by atoms with E-state index in [4.69, 9.17) is 11.6 Å². The van der Waals surface area contributed by atoms with Crippen molar-refractivity contribution in [3.63, 3.8) is 0 Å². The Morgan fingerprint density at radius 3 is 2.54 bits per heavy atom. The van der Waals surface area contributed by atoms with Crippen molar-refractivity contribution in [2.75, 3.05) is 0 Å². The zero-order valence-corrected chi connectivity index (χ0v) is 17.6. The summed E-state index contributed by atoms with van der Waals surface area (Å²) >= 11 is 7.42. The maximum absolute atomic E-state index is 12.9. The standard InChI is InChI=1S/C21H22ClN3O2S/c1-13(2)25-20(27)16-9-5-7-11-18(16)24-21(25)28-14(3)19(26)23-12-15-8-4-6-10-17(15)22/h4-11,13-14H,12H2,1-3H3,(H,23,26)/t14-/m1/s1. The van der Waals surface area contributed by atoms with Crippen molar-refractivity contribution in [2.24, 2.45) is 0 Å². The predicted molar refractivity (Wildman–Crippen MR) is 115 cm³/mol. The van der Waals surface area contributed by atoms with Gasteiger partial charge in [-0.1, -0.05) is 53.7 Å². The number of nitrogens with one attached hydrogen (secondary N) is 1. The number of benzene rings is 2. The molecule has 3 rings (SSSR count). The summed E-state index contributed by atoms with van der Waals surface area (Å²) in [5.41, 5.74) is 1.40. The minimum atomic E-state index is -0.416. The third-order valence-corrected chi connectivity index (χ3v) is 5.79. The van der Waals surface area contributed by atoms with Crippen LogP contribution in [-0.4, -0.2) is 20.7 Å². The third-order valence-electron chi connectivity index (χ3n) is 4.35. The number of fused-ring (bicyclic) bond motifs is 1. The van der Waals surface area contributed by atoms with E-state index in [9.17, 15) is 9.59 Å². The van der Waals surface area contributed by atoms with Crippen LogP contribution in [0.3, 0.4) is 0 Å². The first-order valence-electron chi connectivity index (χ1n) is 9.07. The van der Waals surface area contributed by atoms with Gasteiger partial charge in [0.05, 0.1) is 16.2 Å². The van der Waals surface area contributed by atoms with E-state index >= 15 is 0 Å². The summed E-state index contributed by atoms with van der Waals surface area (Å²) in [6, 6.07) is 14.6. The van der Waals surface area contributed by atoms with Gasteiger partial charge < -0.3 is 5.32 Å². The van der Waals surface area contributed by atoms with E-state index in [0.29, 0.717) is 27.6 Å². The molecule has 7 heteroatoms. The maximum Gasteiger partial charge on any atom is 0.262 e. The number of thioether (sulfide) groups is 1. The smallest absolute Gasteiger partial charge is 0.262 e. The Morgan fingerprint density at radius 2 is 1.82 bits per heavy atom. The summed E-state index contributed by atoms with van der Waals surface area (Å²) in [6.45, 7) is 6.03. The first kappa shape index (κ1) is 20.4. The summed E-state index contributed by atoms with van der Waals surface area (Å²) in [5, 5.41) is 4.22. The number of para-hydroxylation sites is 1. The highest BCUT2D eigenvalue weighted by Gasteiger charge is 2.20. The minimum Gasteiger partial charge on any atom is -0.351 e. The van der Waals surface area contributed by atoms with Crippen molar-refractivity contribution in [3.8, 4) is 0 Å². The van der Waals surface area contributed by atoms with Gasteiger partial charge in [-0.15, -0.1) is 0 Å². The van der Waals surface area contributed by atoms with Gasteiger partial charge in [0.2, 0.25) is 5.91 Å². The molecule has 0 saturated carbocycles. The molecular formula is C21H22ClN3O2S. The Hall–Kier alpha value is -2.31. The fourth-order valence-corrected chi connectivity index (χ4v) is 4.11. The lowest BCUT2D eigenvalue weighted by Crippen LogP contribution is -2.32. The molecule has 1 aromatic heterocycles. The van der Waals surface area contributed by atoms with Crippen molar-refractivity contribution in [2.45, 2.75) is 43.8 Å². The Kier molecular flexibility index (Phi) is 6.42. The number of halogens is 1. The molecule has 0 aliphatic heterocycles. The molecule has 1 amide bonds. The maximum atomic E-state index is 12.9. The number of nitrogens with zero attached hydrogens (tertiary/aromatic N) is 2. The second kappa shape index (κ2) is 8.80. The van der Waals surface area contributed by atoms with Crippen LogP contribution in [0.15, 0.2) is 58.5 Å². The fraction of sp³-hybridized carbons (Fsp3) is 0.286. The van der Waals surface area contributed by atoms with E-state index in [1.807, 2.05) is 50.2 Å². The second-order valence-electron chi connectivity index (χ2n) is 6.75. The fourth-order valence-electron chi connectivity index (χ4n) is 2.84. The highest BCUT2D eigenvalue weighted by Crippen LogP contribution is 2.25. The van der Waals surface area contributed by atoms with Crippen LogP contribution in [0, 0.1) is 0 Å². The highest BCUT2D eigenvalue weighted by molar-refractivity contribution is 8.00. The molecule has 1 heterocycles. The van der Waals surface area contributed by atoms with E-state index in [1.165, 1.54) is 11.8 Å². The summed E-state index contributed by atoms with van der Waals surface area (Å²) in [5.74, 6) is -0.136. The van der Waals surface area contributed by atoms with Gasteiger partial charge in [-0.2, -0.15) is 0 Å². The molecule has 0 fully saturated rings. The zero-order chi connectivity index (χ0) is 20.3. The van der Waals surface area contributed by atoms with Gasteiger partial charge in [0.15, 0.2) is 5.16 Å². The molecule has 0 aliphatic carbocycles. The first-order valence-corrected chi connectivity index (χ1v) is 10.3. The van der Waals surface area contributed by atoms with Gasteiger partial charge >= 0.3 is 0 Å². The van der Waals surface area contributed by atoms with E-state index in [0.717, 1.165) is 5.56 Å². The van der Waals surface area contributed by atoms with Crippen LogP contribution in [0.4, 0.5) is 0 Å². The van der Waals surface area contributed by atoms with Crippen LogP contribution in [0.25, 0.3) is 10.9 Å². The van der Waals surface area contributed by atoms with Gasteiger partial charge in [-0.25, -0.2) is 4.98 Å². The number of aromatic nitrogens is 2. The van der Waals surface area contributed by atoms with Crippen molar-refractivity contribution in [3.05, 3.63) is 69.5 Å².